The molecule has 0 spiro atoms. The third kappa shape index (κ3) is 2.00. The molecule has 0 aliphatic rings. The molecule has 20 heavy (non-hydrogen) atoms. The second-order valence-corrected chi connectivity index (χ2v) is 6.30. The third-order valence-corrected chi connectivity index (χ3v) is 4.79. The number of fused-ring (bicyclic) bond motifs is 1. The number of benzene rings is 1. The fourth-order valence-electron chi connectivity index (χ4n) is 2.14. The molecule has 0 aliphatic heterocycles. The Balaban J connectivity index is 2.30. The molecule has 3 aromatic rings. The molecule has 5 heteroatoms. The Kier molecular flexibility index (Phi) is 3.22. The number of hydrogen-bond donors (Lipinski definition) is 0. The molecule has 0 radical (unpaired) electrons. The highest BCUT2D eigenvalue weighted by Gasteiger charge is 2.16. The van der Waals surface area contributed by atoms with Crippen LogP contribution in [-0.4, -0.2) is 9.97 Å². The van der Waals surface area contributed by atoms with Crippen LogP contribution in [0, 0.1) is 26.6 Å². The summed E-state index contributed by atoms with van der Waals surface area (Å²) in [4.78, 5) is 10.7. The zero-order valence-corrected chi connectivity index (χ0v) is 12.9. The Morgan fingerprint density at radius 1 is 1.15 bits per heavy atom. The summed E-state index contributed by atoms with van der Waals surface area (Å²) in [5.74, 6) is 0.0397. The van der Waals surface area contributed by atoms with Crippen LogP contribution in [0.3, 0.4) is 0 Å². The second-order valence-electron chi connectivity index (χ2n) is 4.74. The number of aryl methyl sites for hydroxylation is 3. The first-order valence-electron chi connectivity index (χ1n) is 6.17. The summed E-state index contributed by atoms with van der Waals surface area (Å²) in [6.45, 7) is 5.74. The van der Waals surface area contributed by atoms with Crippen molar-refractivity contribution in [1.82, 2.24) is 9.97 Å². The Labute approximate surface area is 125 Å². The van der Waals surface area contributed by atoms with Gasteiger partial charge in [0.2, 0.25) is 0 Å². The van der Waals surface area contributed by atoms with E-state index in [4.69, 9.17) is 11.6 Å². The van der Waals surface area contributed by atoms with E-state index in [9.17, 15) is 4.39 Å². The predicted octanol–water partition coefficient (Wildman–Crippen LogP) is 5.08. The van der Waals surface area contributed by atoms with Gasteiger partial charge in [-0.25, -0.2) is 14.4 Å². The molecule has 3 rings (SSSR count). The molecule has 0 amide bonds. The Hall–Kier alpha value is -1.52. The van der Waals surface area contributed by atoms with Gasteiger partial charge >= 0.3 is 0 Å². The van der Waals surface area contributed by atoms with Crippen LogP contribution in [-0.2, 0) is 0 Å². The van der Waals surface area contributed by atoms with Crippen LogP contribution in [0.25, 0.3) is 21.6 Å². The van der Waals surface area contributed by atoms with E-state index >= 15 is 0 Å². The van der Waals surface area contributed by atoms with Gasteiger partial charge in [0.05, 0.1) is 10.9 Å². The minimum Gasteiger partial charge on any atom is -0.217 e. The highest BCUT2D eigenvalue weighted by molar-refractivity contribution is 7.18. The van der Waals surface area contributed by atoms with Crippen LogP contribution < -0.4 is 0 Å². The van der Waals surface area contributed by atoms with Crippen molar-refractivity contribution < 1.29 is 4.39 Å². The largest absolute Gasteiger partial charge is 0.217 e. The Morgan fingerprint density at radius 2 is 1.90 bits per heavy atom. The Morgan fingerprint density at radius 3 is 2.65 bits per heavy atom. The van der Waals surface area contributed by atoms with Gasteiger partial charge in [-0.3, -0.25) is 0 Å². The number of halogens is 2. The second kappa shape index (κ2) is 4.79. The van der Waals surface area contributed by atoms with Crippen molar-refractivity contribution in [2.75, 3.05) is 0 Å². The fraction of sp³-hybridized carbons (Fsp3) is 0.200. The summed E-state index contributed by atoms with van der Waals surface area (Å²) < 4.78 is 14.2. The quantitative estimate of drug-likeness (QED) is 0.586. The molecule has 1 aromatic carbocycles. The van der Waals surface area contributed by atoms with Crippen molar-refractivity contribution in [2.24, 2.45) is 0 Å². The summed E-state index contributed by atoms with van der Waals surface area (Å²) in [5.41, 5.74) is 2.05. The van der Waals surface area contributed by atoms with Gasteiger partial charge in [-0.1, -0.05) is 23.7 Å². The van der Waals surface area contributed by atoms with Gasteiger partial charge in [-0.2, -0.15) is 0 Å². The monoisotopic (exact) mass is 306 g/mol. The normalized spacial score (nSPS) is 11.2. The molecule has 0 bridgehead atoms. The number of thiophene rings is 1. The van der Waals surface area contributed by atoms with E-state index < -0.39 is 0 Å². The number of hydrogen-bond acceptors (Lipinski definition) is 3. The van der Waals surface area contributed by atoms with Gasteiger partial charge in [0, 0.05) is 4.88 Å². The molecule has 0 saturated carbocycles. The van der Waals surface area contributed by atoms with E-state index in [0.29, 0.717) is 22.1 Å². The van der Waals surface area contributed by atoms with Crippen molar-refractivity contribution in [2.45, 2.75) is 20.8 Å². The van der Waals surface area contributed by atoms with Crippen LogP contribution in [0.4, 0.5) is 4.39 Å². The first-order valence-corrected chi connectivity index (χ1v) is 7.37. The lowest BCUT2D eigenvalue weighted by Crippen LogP contribution is -1.95. The van der Waals surface area contributed by atoms with Gasteiger partial charge < -0.3 is 0 Å². The van der Waals surface area contributed by atoms with Gasteiger partial charge in [-0.15, -0.1) is 11.3 Å². The van der Waals surface area contributed by atoms with E-state index in [0.717, 1.165) is 20.7 Å². The SMILES string of the molecule is Cc1cccc(-c2nc(Cl)c3c(C)c(C)sc3n2)c1F. The standard InChI is InChI=1S/C15H12ClFN2S/c1-7-5-4-6-10(12(7)17)14-18-13(16)11-8(2)9(3)20-15(11)19-14/h4-6H,1-3H3. The van der Waals surface area contributed by atoms with Crippen molar-refractivity contribution in [3.05, 3.63) is 45.2 Å². The number of aromatic nitrogens is 2. The molecule has 0 aliphatic carbocycles. The fourth-order valence-corrected chi connectivity index (χ4v) is 3.54. The van der Waals surface area contributed by atoms with Gasteiger partial charge in [-0.05, 0) is 38.0 Å². The van der Waals surface area contributed by atoms with E-state index in [1.165, 1.54) is 0 Å². The molecule has 0 N–H and O–H groups in total. The number of nitrogens with zero attached hydrogens (tertiary/aromatic N) is 2. The minimum absolute atomic E-state index is 0.298. The van der Waals surface area contributed by atoms with Crippen molar-refractivity contribution in [3.8, 4) is 11.4 Å². The molecule has 0 fully saturated rings. The maximum absolute atomic E-state index is 14.2. The average molecular weight is 307 g/mol. The molecule has 2 heterocycles. The molecule has 102 valence electrons. The maximum atomic E-state index is 14.2. The molecule has 0 unspecified atom stereocenters. The summed E-state index contributed by atoms with van der Waals surface area (Å²) in [6, 6.07) is 5.19. The van der Waals surface area contributed by atoms with Crippen molar-refractivity contribution in [3.63, 3.8) is 0 Å². The maximum Gasteiger partial charge on any atom is 0.165 e. The van der Waals surface area contributed by atoms with Crippen LogP contribution >= 0.6 is 22.9 Å². The first-order chi connectivity index (χ1) is 9.49. The molecule has 0 saturated heterocycles. The van der Waals surface area contributed by atoms with Gasteiger partial charge in [0.15, 0.2) is 5.82 Å². The molecule has 2 nitrogen and oxygen atoms in total. The lowest BCUT2D eigenvalue weighted by Gasteiger charge is -2.05. The van der Waals surface area contributed by atoms with Crippen LogP contribution in [0.1, 0.15) is 16.0 Å². The summed E-state index contributed by atoms with van der Waals surface area (Å²) in [5, 5.41) is 1.25. The third-order valence-electron chi connectivity index (χ3n) is 3.42. The molecular weight excluding hydrogens is 295 g/mol. The molecule has 2 aromatic heterocycles. The summed E-state index contributed by atoms with van der Waals surface area (Å²) in [6.07, 6.45) is 0. The molecular formula is C15H12ClFN2S. The van der Waals surface area contributed by atoms with Crippen molar-refractivity contribution >= 4 is 33.2 Å². The van der Waals surface area contributed by atoms with E-state index in [1.54, 1.807) is 36.5 Å². The minimum atomic E-state index is -0.298. The summed E-state index contributed by atoms with van der Waals surface area (Å²) >= 11 is 7.81. The Bertz CT molecular complexity index is 826. The zero-order chi connectivity index (χ0) is 14.4. The van der Waals surface area contributed by atoms with Crippen LogP contribution in [0.5, 0.6) is 0 Å². The van der Waals surface area contributed by atoms with E-state index in [1.807, 2.05) is 13.8 Å². The van der Waals surface area contributed by atoms with Crippen molar-refractivity contribution in [1.29, 1.82) is 0 Å². The van der Waals surface area contributed by atoms with Crippen LogP contribution in [0.2, 0.25) is 5.15 Å². The first kappa shape index (κ1) is 13.5. The van der Waals surface area contributed by atoms with Gasteiger partial charge in [0.1, 0.15) is 15.8 Å². The van der Waals surface area contributed by atoms with Gasteiger partial charge in [0.25, 0.3) is 0 Å². The average Bonchev–Trinajstić information content (AvgIpc) is 2.68. The lowest BCUT2D eigenvalue weighted by molar-refractivity contribution is 0.621. The zero-order valence-electron chi connectivity index (χ0n) is 11.3. The smallest absolute Gasteiger partial charge is 0.165 e. The van der Waals surface area contributed by atoms with Crippen LogP contribution in [0.15, 0.2) is 18.2 Å². The van der Waals surface area contributed by atoms with E-state index in [2.05, 4.69) is 9.97 Å². The van der Waals surface area contributed by atoms with E-state index in [-0.39, 0.29) is 5.82 Å². The lowest BCUT2D eigenvalue weighted by atomic mass is 10.1. The molecule has 0 atom stereocenters. The topological polar surface area (TPSA) is 25.8 Å². The predicted molar refractivity (Wildman–Crippen MR) is 82.0 cm³/mol. The highest BCUT2D eigenvalue weighted by atomic mass is 35.5. The highest BCUT2D eigenvalue weighted by Crippen LogP contribution is 2.35. The summed E-state index contributed by atoms with van der Waals surface area (Å²) in [7, 11) is 0. The number of rotatable bonds is 1.